The fourth-order valence-corrected chi connectivity index (χ4v) is 4.04. The molecule has 0 radical (unpaired) electrons. The summed E-state index contributed by atoms with van der Waals surface area (Å²) in [5, 5.41) is 4.83. The lowest BCUT2D eigenvalue weighted by Gasteiger charge is -2.22. The van der Waals surface area contributed by atoms with Crippen LogP contribution in [0.1, 0.15) is 64.0 Å². The summed E-state index contributed by atoms with van der Waals surface area (Å²) < 4.78 is 11.8. The normalized spacial score (nSPS) is 10.6. The highest BCUT2D eigenvalue weighted by atomic mass is 35.5. The summed E-state index contributed by atoms with van der Waals surface area (Å²) in [4.78, 5) is 2.60. The van der Waals surface area contributed by atoms with Crippen LogP contribution in [0.15, 0.2) is 36.4 Å². The van der Waals surface area contributed by atoms with Gasteiger partial charge in [-0.2, -0.15) is 0 Å². The molecule has 0 aliphatic heterocycles. The Labute approximate surface area is 234 Å². The SMILES string of the molecule is CCCCN(CCCC)CCCNCc1cc(Cl)c(OCc2ccc(Cl)cc2)c(OCC)c1.Cl.Cl. The van der Waals surface area contributed by atoms with Gasteiger partial charge in [0.15, 0.2) is 11.5 Å². The van der Waals surface area contributed by atoms with Gasteiger partial charge in [0.1, 0.15) is 6.61 Å². The molecule has 2 aromatic carbocycles. The predicted molar refractivity (Wildman–Crippen MR) is 155 cm³/mol. The van der Waals surface area contributed by atoms with Crippen LogP contribution in [0.2, 0.25) is 10.0 Å². The van der Waals surface area contributed by atoms with Crippen LogP contribution in [0, 0.1) is 0 Å². The van der Waals surface area contributed by atoms with Gasteiger partial charge in [0.2, 0.25) is 0 Å². The van der Waals surface area contributed by atoms with E-state index < -0.39 is 0 Å². The van der Waals surface area contributed by atoms with Crippen molar-refractivity contribution in [1.82, 2.24) is 10.2 Å². The van der Waals surface area contributed by atoms with Gasteiger partial charge >= 0.3 is 0 Å². The molecule has 0 spiro atoms. The predicted octanol–water partition coefficient (Wildman–Crippen LogP) is 8.20. The molecule has 4 nitrogen and oxygen atoms in total. The molecule has 0 atom stereocenters. The summed E-state index contributed by atoms with van der Waals surface area (Å²) in [6.45, 7) is 12.7. The molecular formula is C27H42Cl4N2O2. The van der Waals surface area contributed by atoms with Gasteiger partial charge in [-0.05, 0) is 87.8 Å². The first-order valence-corrected chi connectivity index (χ1v) is 13.1. The summed E-state index contributed by atoms with van der Waals surface area (Å²) in [7, 11) is 0. The van der Waals surface area contributed by atoms with E-state index in [0.717, 1.165) is 37.2 Å². The fourth-order valence-electron chi connectivity index (χ4n) is 3.62. The van der Waals surface area contributed by atoms with Gasteiger partial charge in [-0.25, -0.2) is 0 Å². The Morgan fingerprint density at radius 3 is 2.03 bits per heavy atom. The Hall–Kier alpha value is -0.880. The molecular weight excluding hydrogens is 526 g/mol. The van der Waals surface area contributed by atoms with E-state index in [9.17, 15) is 0 Å². The van der Waals surface area contributed by atoms with Crippen molar-refractivity contribution in [2.45, 2.75) is 66.0 Å². The molecule has 0 unspecified atom stereocenters. The molecule has 0 aliphatic carbocycles. The van der Waals surface area contributed by atoms with E-state index >= 15 is 0 Å². The number of nitrogens with zero attached hydrogens (tertiary/aromatic N) is 1. The van der Waals surface area contributed by atoms with Gasteiger partial charge in [0.25, 0.3) is 0 Å². The molecule has 35 heavy (non-hydrogen) atoms. The molecule has 0 fully saturated rings. The number of nitrogens with one attached hydrogen (secondary N) is 1. The zero-order chi connectivity index (χ0) is 23.9. The fraction of sp³-hybridized carbons (Fsp3) is 0.556. The van der Waals surface area contributed by atoms with E-state index in [-0.39, 0.29) is 24.8 Å². The Morgan fingerprint density at radius 1 is 0.800 bits per heavy atom. The highest BCUT2D eigenvalue weighted by Gasteiger charge is 2.13. The van der Waals surface area contributed by atoms with Gasteiger partial charge in [0.05, 0.1) is 11.6 Å². The van der Waals surface area contributed by atoms with Crippen molar-refractivity contribution in [1.29, 1.82) is 0 Å². The standard InChI is InChI=1S/C27H40Cl2N2O2.2ClH/c1-4-7-15-31(16-8-5-2)17-9-14-30-20-23-18-25(29)27(26(19-23)32-6-3)33-21-22-10-12-24(28)13-11-22;;/h10-13,18-19,30H,4-9,14-17,20-21H2,1-3H3;2*1H. The van der Waals surface area contributed by atoms with Crippen LogP contribution in [0.4, 0.5) is 0 Å². The van der Waals surface area contributed by atoms with Crippen molar-refractivity contribution in [3.63, 3.8) is 0 Å². The number of halogens is 4. The third-order valence-electron chi connectivity index (χ3n) is 5.48. The Balaban J connectivity index is 0.00000578. The molecule has 0 saturated carbocycles. The van der Waals surface area contributed by atoms with Crippen LogP contribution in [0.3, 0.4) is 0 Å². The molecule has 2 aromatic rings. The average Bonchev–Trinajstić information content (AvgIpc) is 2.81. The highest BCUT2D eigenvalue weighted by Crippen LogP contribution is 2.37. The van der Waals surface area contributed by atoms with Crippen LogP contribution in [-0.4, -0.2) is 37.7 Å². The van der Waals surface area contributed by atoms with Gasteiger partial charge in [0, 0.05) is 11.6 Å². The van der Waals surface area contributed by atoms with Crippen molar-refractivity contribution < 1.29 is 9.47 Å². The van der Waals surface area contributed by atoms with Crippen LogP contribution < -0.4 is 14.8 Å². The van der Waals surface area contributed by atoms with Crippen molar-refractivity contribution in [2.24, 2.45) is 0 Å². The Kier molecular flexibility index (Phi) is 19.7. The van der Waals surface area contributed by atoms with E-state index in [1.807, 2.05) is 43.3 Å². The van der Waals surface area contributed by atoms with Gasteiger partial charge in [-0.15, -0.1) is 24.8 Å². The monoisotopic (exact) mass is 566 g/mol. The molecule has 0 aromatic heterocycles. The lowest BCUT2D eigenvalue weighted by atomic mass is 10.2. The Bertz CT molecular complexity index is 799. The largest absolute Gasteiger partial charge is 0.490 e. The summed E-state index contributed by atoms with van der Waals surface area (Å²) in [6.07, 6.45) is 6.21. The van der Waals surface area contributed by atoms with E-state index in [1.165, 1.54) is 38.8 Å². The van der Waals surface area contributed by atoms with Gasteiger partial charge in [-0.3, -0.25) is 0 Å². The molecule has 0 amide bonds. The minimum atomic E-state index is 0. The maximum atomic E-state index is 6.58. The maximum Gasteiger partial charge on any atom is 0.180 e. The zero-order valence-corrected chi connectivity index (χ0v) is 24.4. The maximum absolute atomic E-state index is 6.58. The molecule has 8 heteroatoms. The van der Waals surface area contributed by atoms with Gasteiger partial charge in [-0.1, -0.05) is 62.0 Å². The van der Waals surface area contributed by atoms with E-state index in [2.05, 4.69) is 24.1 Å². The van der Waals surface area contributed by atoms with Crippen LogP contribution in [0.25, 0.3) is 0 Å². The smallest absolute Gasteiger partial charge is 0.180 e. The van der Waals surface area contributed by atoms with E-state index in [1.54, 1.807) is 0 Å². The minimum Gasteiger partial charge on any atom is -0.490 e. The quantitative estimate of drug-likeness (QED) is 0.195. The van der Waals surface area contributed by atoms with Gasteiger partial charge < -0.3 is 19.7 Å². The first-order valence-electron chi connectivity index (χ1n) is 12.3. The minimum absolute atomic E-state index is 0. The molecule has 0 aliphatic rings. The molecule has 0 heterocycles. The first-order chi connectivity index (χ1) is 16.1. The van der Waals surface area contributed by atoms with E-state index in [4.69, 9.17) is 32.7 Å². The third kappa shape index (κ3) is 13.3. The molecule has 0 bridgehead atoms. The average molecular weight is 568 g/mol. The number of ether oxygens (including phenoxy) is 2. The molecule has 1 N–H and O–H groups in total. The van der Waals surface area contributed by atoms with Crippen LogP contribution in [-0.2, 0) is 13.2 Å². The molecule has 200 valence electrons. The topological polar surface area (TPSA) is 33.7 Å². The van der Waals surface area contributed by atoms with Crippen LogP contribution >= 0.6 is 48.0 Å². The lowest BCUT2D eigenvalue weighted by molar-refractivity contribution is 0.261. The second-order valence-corrected chi connectivity index (χ2v) is 9.18. The van der Waals surface area contributed by atoms with Crippen molar-refractivity contribution >= 4 is 48.0 Å². The van der Waals surface area contributed by atoms with E-state index in [0.29, 0.717) is 34.8 Å². The highest BCUT2D eigenvalue weighted by molar-refractivity contribution is 6.32. The summed E-state index contributed by atoms with van der Waals surface area (Å²) in [5.74, 6) is 1.26. The number of unbranched alkanes of at least 4 members (excludes halogenated alkanes) is 2. The summed E-state index contributed by atoms with van der Waals surface area (Å²) >= 11 is 12.5. The number of rotatable bonds is 17. The number of hydrogen-bond donors (Lipinski definition) is 1. The summed E-state index contributed by atoms with van der Waals surface area (Å²) in [6, 6.07) is 11.6. The van der Waals surface area contributed by atoms with Crippen molar-refractivity contribution in [3.05, 3.63) is 57.6 Å². The molecule has 2 rings (SSSR count). The third-order valence-corrected chi connectivity index (χ3v) is 6.01. The second kappa shape index (κ2) is 20.2. The molecule has 0 saturated heterocycles. The second-order valence-electron chi connectivity index (χ2n) is 8.33. The lowest BCUT2D eigenvalue weighted by Crippen LogP contribution is -2.29. The van der Waals surface area contributed by atoms with Crippen molar-refractivity contribution in [3.8, 4) is 11.5 Å². The zero-order valence-electron chi connectivity index (χ0n) is 21.3. The van der Waals surface area contributed by atoms with Crippen molar-refractivity contribution in [2.75, 3.05) is 32.8 Å². The Morgan fingerprint density at radius 2 is 1.43 bits per heavy atom. The summed E-state index contributed by atoms with van der Waals surface area (Å²) in [5.41, 5.74) is 2.12. The first kappa shape index (κ1) is 34.1. The van der Waals surface area contributed by atoms with Crippen LogP contribution in [0.5, 0.6) is 11.5 Å². The number of hydrogen-bond acceptors (Lipinski definition) is 4. The number of benzene rings is 2.